The van der Waals surface area contributed by atoms with Crippen molar-refractivity contribution in [3.05, 3.63) is 78.1 Å². The van der Waals surface area contributed by atoms with E-state index in [1.54, 1.807) is 34.3 Å². The van der Waals surface area contributed by atoms with Crippen LogP contribution in [0.2, 0.25) is 0 Å². The van der Waals surface area contributed by atoms with Crippen LogP contribution < -0.4 is 5.32 Å². The van der Waals surface area contributed by atoms with Gasteiger partial charge in [-0.2, -0.15) is 5.10 Å². The molecule has 4 aromatic rings. The SMILES string of the molecule is Cc1nc(NCc2cccnc2)sc1-c1ccn(-c2ccc(F)cc2)n1. The molecular formula is C19H16FN5S. The monoisotopic (exact) mass is 365 g/mol. The van der Waals surface area contributed by atoms with Crippen molar-refractivity contribution in [2.45, 2.75) is 13.5 Å². The smallest absolute Gasteiger partial charge is 0.183 e. The second-order valence-electron chi connectivity index (χ2n) is 5.77. The summed E-state index contributed by atoms with van der Waals surface area (Å²) in [4.78, 5) is 9.71. The van der Waals surface area contributed by atoms with Gasteiger partial charge >= 0.3 is 0 Å². The van der Waals surface area contributed by atoms with E-state index in [0.29, 0.717) is 6.54 Å². The van der Waals surface area contributed by atoms with Gasteiger partial charge in [-0.25, -0.2) is 14.1 Å². The van der Waals surface area contributed by atoms with E-state index >= 15 is 0 Å². The van der Waals surface area contributed by atoms with Crippen LogP contribution in [-0.2, 0) is 6.54 Å². The largest absolute Gasteiger partial charge is 0.357 e. The number of nitrogens with one attached hydrogen (secondary N) is 1. The van der Waals surface area contributed by atoms with Crippen LogP contribution in [0.5, 0.6) is 0 Å². The van der Waals surface area contributed by atoms with E-state index in [2.05, 4.69) is 20.4 Å². The molecule has 1 N–H and O–H groups in total. The molecule has 0 saturated heterocycles. The van der Waals surface area contributed by atoms with Crippen LogP contribution in [0.3, 0.4) is 0 Å². The number of hydrogen-bond donors (Lipinski definition) is 1. The normalized spacial score (nSPS) is 10.8. The van der Waals surface area contributed by atoms with Crippen molar-refractivity contribution in [3.63, 3.8) is 0 Å². The Morgan fingerprint density at radius 3 is 2.77 bits per heavy atom. The lowest BCUT2D eigenvalue weighted by molar-refractivity contribution is 0.627. The highest BCUT2D eigenvalue weighted by Crippen LogP contribution is 2.32. The second-order valence-corrected chi connectivity index (χ2v) is 6.77. The number of anilines is 1. The first kappa shape index (κ1) is 16.4. The predicted octanol–water partition coefficient (Wildman–Crippen LogP) is 4.45. The maximum Gasteiger partial charge on any atom is 0.183 e. The molecule has 7 heteroatoms. The van der Waals surface area contributed by atoms with Gasteiger partial charge in [0.15, 0.2) is 5.13 Å². The van der Waals surface area contributed by atoms with Gasteiger partial charge < -0.3 is 5.32 Å². The zero-order valence-electron chi connectivity index (χ0n) is 14.1. The van der Waals surface area contributed by atoms with Crippen LogP contribution in [0.1, 0.15) is 11.3 Å². The number of pyridine rings is 1. The van der Waals surface area contributed by atoms with Crippen LogP contribution >= 0.6 is 11.3 Å². The van der Waals surface area contributed by atoms with Crippen LogP contribution in [0.25, 0.3) is 16.3 Å². The number of thiazole rings is 1. The Morgan fingerprint density at radius 2 is 2.00 bits per heavy atom. The van der Waals surface area contributed by atoms with E-state index in [1.165, 1.54) is 12.1 Å². The summed E-state index contributed by atoms with van der Waals surface area (Å²) in [5.41, 5.74) is 3.68. The van der Waals surface area contributed by atoms with E-state index in [0.717, 1.165) is 32.6 Å². The van der Waals surface area contributed by atoms with E-state index in [1.807, 2.05) is 37.5 Å². The lowest BCUT2D eigenvalue weighted by Gasteiger charge is -2.01. The van der Waals surface area contributed by atoms with E-state index in [-0.39, 0.29) is 5.82 Å². The fourth-order valence-corrected chi connectivity index (χ4v) is 3.50. The molecule has 0 amide bonds. The number of aryl methyl sites for hydroxylation is 1. The Morgan fingerprint density at radius 1 is 1.15 bits per heavy atom. The first-order valence-electron chi connectivity index (χ1n) is 8.11. The molecule has 26 heavy (non-hydrogen) atoms. The van der Waals surface area contributed by atoms with Crippen LogP contribution in [0.15, 0.2) is 61.1 Å². The van der Waals surface area contributed by atoms with E-state index in [9.17, 15) is 4.39 Å². The molecule has 0 aliphatic rings. The number of benzene rings is 1. The first-order valence-corrected chi connectivity index (χ1v) is 8.93. The lowest BCUT2D eigenvalue weighted by Crippen LogP contribution is -1.98. The van der Waals surface area contributed by atoms with Crippen molar-refractivity contribution in [2.75, 3.05) is 5.32 Å². The third kappa shape index (κ3) is 3.48. The molecule has 0 aliphatic carbocycles. The molecule has 4 rings (SSSR count). The Labute approximate surface area is 154 Å². The molecule has 1 aromatic carbocycles. The third-order valence-electron chi connectivity index (χ3n) is 3.88. The average molecular weight is 365 g/mol. The lowest BCUT2D eigenvalue weighted by atomic mass is 10.3. The standard InChI is InChI=1S/C19H16FN5S/c1-13-18(26-19(23-13)22-12-14-3-2-9-21-11-14)17-8-10-25(24-17)16-6-4-15(20)5-7-16/h2-11H,12H2,1H3,(H,22,23). The Hall–Kier alpha value is -3.06. The zero-order valence-corrected chi connectivity index (χ0v) is 14.9. The van der Waals surface area contributed by atoms with Crippen molar-refractivity contribution in [3.8, 4) is 16.3 Å². The number of aromatic nitrogens is 4. The molecule has 0 aliphatic heterocycles. The highest BCUT2D eigenvalue weighted by atomic mass is 32.1. The molecule has 3 aromatic heterocycles. The zero-order chi connectivity index (χ0) is 17.9. The summed E-state index contributed by atoms with van der Waals surface area (Å²) in [6, 6.07) is 12.1. The van der Waals surface area contributed by atoms with Gasteiger partial charge in [0.1, 0.15) is 11.5 Å². The second kappa shape index (κ2) is 7.05. The van der Waals surface area contributed by atoms with Crippen molar-refractivity contribution in [1.82, 2.24) is 19.7 Å². The molecule has 0 unspecified atom stereocenters. The Balaban J connectivity index is 1.53. The minimum absolute atomic E-state index is 0.260. The summed E-state index contributed by atoms with van der Waals surface area (Å²) in [6.45, 7) is 2.64. The summed E-state index contributed by atoms with van der Waals surface area (Å²) in [6.07, 6.45) is 5.45. The molecular weight excluding hydrogens is 349 g/mol. The number of halogens is 1. The number of rotatable bonds is 5. The first-order chi connectivity index (χ1) is 12.7. The van der Waals surface area contributed by atoms with Crippen LogP contribution in [0, 0.1) is 12.7 Å². The molecule has 0 bridgehead atoms. The summed E-state index contributed by atoms with van der Waals surface area (Å²) in [7, 11) is 0. The summed E-state index contributed by atoms with van der Waals surface area (Å²) >= 11 is 1.56. The van der Waals surface area contributed by atoms with Gasteiger partial charge in [-0.15, -0.1) is 0 Å². The molecule has 3 heterocycles. The van der Waals surface area contributed by atoms with E-state index < -0.39 is 0 Å². The highest BCUT2D eigenvalue weighted by molar-refractivity contribution is 7.19. The van der Waals surface area contributed by atoms with Gasteiger partial charge in [0, 0.05) is 25.1 Å². The highest BCUT2D eigenvalue weighted by Gasteiger charge is 2.13. The van der Waals surface area contributed by atoms with Gasteiger partial charge in [-0.1, -0.05) is 17.4 Å². The maximum atomic E-state index is 13.1. The van der Waals surface area contributed by atoms with E-state index in [4.69, 9.17) is 0 Å². The van der Waals surface area contributed by atoms with Crippen molar-refractivity contribution < 1.29 is 4.39 Å². The van der Waals surface area contributed by atoms with Gasteiger partial charge in [0.2, 0.25) is 0 Å². The van der Waals surface area contributed by atoms with Gasteiger partial charge in [0.25, 0.3) is 0 Å². The van der Waals surface area contributed by atoms with Crippen molar-refractivity contribution >= 4 is 16.5 Å². The topological polar surface area (TPSA) is 55.6 Å². The van der Waals surface area contributed by atoms with Crippen LogP contribution in [-0.4, -0.2) is 19.7 Å². The summed E-state index contributed by atoms with van der Waals surface area (Å²) in [5.74, 6) is -0.260. The van der Waals surface area contributed by atoms with Gasteiger partial charge in [0.05, 0.1) is 16.3 Å². The number of nitrogens with zero attached hydrogens (tertiary/aromatic N) is 4. The predicted molar refractivity (Wildman–Crippen MR) is 101 cm³/mol. The average Bonchev–Trinajstić information content (AvgIpc) is 3.28. The molecule has 0 spiro atoms. The number of hydrogen-bond acceptors (Lipinski definition) is 5. The molecule has 0 saturated carbocycles. The minimum atomic E-state index is -0.260. The molecule has 0 fully saturated rings. The Kier molecular flexibility index (Phi) is 4.45. The fraction of sp³-hybridized carbons (Fsp3) is 0.105. The quantitative estimate of drug-likeness (QED) is 0.568. The van der Waals surface area contributed by atoms with Crippen molar-refractivity contribution in [2.24, 2.45) is 0 Å². The molecule has 130 valence electrons. The molecule has 0 radical (unpaired) electrons. The van der Waals surface area contributed by atoms with Crippen LogP contribution in [0.4, 0.5) is 9.52 Å². The summed E-state index contributed by atoms with van der Waals surface area (Å²) < 4.78 is 14.8. The van der Waals surface area contributed by atoms with Gasteiger partial charge in [-0.3, -0.25) is 4.98 Å². The molecule has 0 atom stereocenters. The minimum Gasteiger partial charge on any atom is -0.357 e. The maximum absolute atomic E-state index is 13.1. The van der Waals surface area contributed by atoms with Crippen molar-refractivity contribution in [1.29, 1.82) is 0 Å². The Bertz CT molecular complexity index is 1010. The fourth-order valence-electron chi connectivity index (χ4n) is 2.57. The summed E-state index contributed by atoms with van der Waals surface area (Å²) in [5, 5.41) is 8.77. The van der Waals surface area contributed by atoms with Gasteiger partial charge in [-0.05, 0) is 48.9 Å². The third-order valence-corrected chi connectivity index (χ3v) is 5.01. The molecule has 5 nitrogen and oxygen atoms in total.